The van der Waals surface area contributed by atoms with Crippen molar-refractivity contribution in [1.29, 1.82) is 0 Å². The fraction of sp³-hybridized carbons (Fsp3) is 0.250. The molecule has 19 heavy (non-hydrogen) atoms. The molecule has 0 aliphatic rings. The molecule has 0 bridgehead atoms. The number of benzene rings is 1. The lowest BCUT2D eigenvalue weighted by Crippen LogP contribution is -2.08. The van der Waals surface area contributed by atoms with Gasteiger partial charge in [0.25, 0.3) is 0 Å². The third-order valence-corrected chi connectivity index (χ3v) is 3.59. The molecule has 3 nitrogen and oxygen atoms in total. The number of aromatic nitrogens is 2. The number of alkyl halides is 3. The van der Waals surface area contributed by atoms with Gasteiger partial charge in [0, 0.05) is 17.6 Å². The van der Waals surface area contributed by atoms with Gasteiger partial charge in [-0.25, -0.2) is 0 Å². The first kappa shape index (κ1) is 13.8. The Labute approximate surface area is 112 Å². The van der Waals surface area contributed by atoms with Crippen LogP contribution >= 0.6 is 11.8 Å². The van der Waals surface area contributed by atoms with E-state index in [1.807, 2.05) is 13.0 Å². The van der Waals surface area contributed by atoms with Crippen molar-refractivity contribution in [1.82, 2.24) is 9.78 Å². The Bertz CT molecular complexity index is 605. The van der Waals surface area contributed by atoms with Gasteiger partial charge in [-0.1, -0.05) is 11.8 Å². The normalized spacial score (nSPS) is 11.8. The molecule has 0 amide bonds. The van der Waals surface area contributed by atoms with Gasteiger partial charge in [-0.15, -0.1) is 0 Å². The summed E-state index contributed by atoms with van der Waals surface area (Å²) in [6, 6.07) is 5.71. The van der Waals surface area contributed by atoms with E-state index in [0.29, 0.717) is 4.90 Å². The second-order valence-corrected chi connectivity index (χ2v) is 5.19. The number of nitrogens with zero attached hydrogens (tertiary/aromatic N) is 2. The average molecular weight is 287 g/mol. The molecule has 0 aliphatic carbocycles. The number of hydrogen-bond acceptors (Lipinski definition) is 3. The van der Waals surface area contributed by atoms with Crippen molar-refractivity contribution in [2.75, 3.05) is 5.73 Å². The first-order chi connectivity index (χ1) is 8.77. The van der Waals surface area contributed by atoms with Gasteiger partial charge >= 0.3 is 6.18 Å². The summed E-state index contributed by atoms with van der Waals surface area (Å²) in [5, 5.41) is 4.92. The van der Waals surface area contributed by atoms with Crippen LogP contribution in [0, 0.1) is 6.92 Å². The zero-order valence-corrected chi connectivity index (χ0v) is 11.1. The van der Waals surface area contributed by atoms with Gasteiger partial charge < -0.3 is 5.73 Å². The maximum absolute atomic E-state index is 12.7. The van der Waals surface area contributed by atoms with Crippen molar-refractivity contribution in [3.63, 3.8) is 0 Å². The van der Waals surface area contributed by atoms with Crippen LogP contribution in [0.5, 0.6) is 0 Å². The Morgan fingerprint density at radius 3 is 2.47 bits per heavy atom. The molecule has 1 aromatic heterocycles. The summed E-state index contributed by atoms with van der Waals surface area (Å²) in [4.78, 5) is 0.476. The first-order valence-corrected chi connectivity index (χ1v) is 6.24. The highest BCUT2D eigenvalue weighted by Gasteiger charge is 2.33. The van der Waals surface area contributed by atoms with Gasteiger partial charge in [-0.05, 0) is 31.2 Å². The minimum atomic E-state index is -4.44. The molecular formula is C12H12F3N3S. The highest BCUT2D eigenvalue weighted by molar-refractivity contribution is 7.99. The van der Waals surface area contributed by atoms with Crippen LogP contribution in [0.25, 0.3) is 0 Å². The lowest BCUT2D eigenvalue weighted by molar-refractivity contribution is -0.137. The third-order valence-electron chi connectivity index (χ3n) is 2.51. The van der Waals surface area contributed by atoms with E-state index in [2.05, 4.69) is 5.10 Å². The molecular weight excluding hydrogens is 275 g/mol. The Hall–Kier alpha value is -1.63. The van der Waals surface area contributed by atoms with Gasteiger partial charge in [-0.2, -0.15) is 18.3 Å². The summed E-state index contributed by atoms with van der Waals surface area (Å²) in [5.74, 6) is 0. The van der Waals surface area contributed by atoms with Crippen molar-refractivity contribution < 1.29 is 13.2 Å². The van der Waals surface area contributed by atoms with E-state index in [0.717, 1.165) is 16.8 Å². The van der Waals surface area contributed by atoms with Crippen LogP contribution in [-0.4, -0.2) is 9.78 Å². The summed E-state index contributed by atoms with van der Waals surface area (Å²) in [6.07, 6.45) is -4.44. The van der Waals surface area contributed by atoms with E-state index in [4.69, 9.17) is 5.73 Å². The minimum absolute atomic E-state index is 0.266. The van der Waals surface area contributed by atoms with E-state index >= 15 is 0 Å². The summed E-state index contributed by atoms with van der Waals surface area (Å²) >= 11 is 1.22. The van der Waals surface area contributed by atoms with Gasteiger partial charge in [-0.3, -0.25) is 4.68 Å². The number of aryl methyl sites for hydroxylation is 2. The Kier molecular flexibility index (Phi) is 3.49. The zero-order valence-electron chi connectivity index (χ0n) is 10.3. The van der Waals surface area contributed by atoms with Crippen LogP contribution in [0.15, 0.2) is 34.2 Å². The van der Waals surface area contributed by atoms with Crippen molar-refractivity contribution >= 4 is 17.4 Å². The monoisotopic (exact) mass is 287 g/mol. The summed E-state index contributed by atoms with van der Waals surface area (Å²) in [5.41, 5.74) is 5.10. The van der Waals surface area contributed by atoms with Crippen LogP contribution < -0.4 is 5.73 Å². The quantitative estimate of drug-likeness (QED) is 0.860. The molecule has 1 heterocycles. The molecule has 1 aromatic carbocycles. The molecule has 0 saturated heterocycles. The molecule has 0 unspecified atom stereocenters. The topological polar surface area (TPSA) is 43.8 Å². The molecule has 0 fully saturated rings. The molecule has 2 rings (SSSR count). The van der Waals surface area contributed by atoms with E-state index in [9.17, 15) is 13.2 Å². The van der Waals surface area contributed by atoms with E-state index in [1.165, 1.54) is 17.8 Å². The molecule has 0 saturated carbocycles. The van der Waals surface area contributed by atoms with Gasteiger partial charge in [0.05, 0.1) is 16.3 Å². The lowest BCUT2D eigenvalue weighted by Gasteiger charge is -2.11. The lowest BCUT2D eigenvalue weighted by atomic mass is 10.2. The predicted molar refractivity (Wildman–Crippen MR) is 67.9 cm³/mol. The number of hydrogen-bond donors (Lipinski definition) is 1. The Balaban J connectivity index is 2.34. The predicted octanol–water partition coefficient (Wildman–Crippen LogP) is 3.48. The van der Waals surface area contributed by atoms with E-state index in [1.54, 1.807) is 17.8 Å². The zero-order chi connectivity index (χ0) is 14.2. The van der Waals surface area contributed by atoms with Gasteiger partial charge in [0.2, 0.25) is 0 Å². The summed E-state index contributed by atoms with van der Waals surface area (Å²) < 4.78 is 39.9. The standard InChI is InChI=1S/C12H12F3N3S/c1-7-5-11(18(2)17-7)19-8-3-4-10(16)9(6-8)12(13,14)15/h3-6H,16H2,1-2H3. The first-order valence-electron chi connectivity index (χ1n) is 5.42. The molecule has 7 heteroatoms. The molecule has 0 radical (unpaired) electrons. The van der Waals surface area contributed by atoms with Crippen molar-refractivity contribution in [2.45, 2.75) is 23.0 Å². The van der Waals surface area contributed by atoms with Gasteiger partial charge in [0.1, 0.15) is 0 Å². The van der Waals surface area contributed by atoms with E-state index < -0.39 is 11.7 Å². The molecule has 2 N–H and O–H groups in total. The smallest absolute Gasteiger partial charge is 0.398 e. The van der Waals surface area contributed by atoms with Crippen LogP contribution in [0.2, 0.25) is 0 Å². The average Bonchev–Trinajstić information content (AvgIpc) is 2.58. The van der Waals surface area contributed by atoms with Crippen molar-refractivity contribution in [3.05, 3.63) is 35.5 Å². The fourth-order valence-electron chi connectivity index (χ4n) is 1.65. The number of nitrogens with two attached hydrogens (primary N) is 1. The Morgan fingerprint density at radius 2 is 1.95 bits per heavy atom. The van der Waals surface area contributed by atoms with Crippen LogP contribution in [0.4, 0.5) is 18.9 Å². The third kappa shape index (κ3) is 3.04. The van der Waals surface area contributed by atoms with Crippen molar-refractivity contribution in [2.24, 2.45) is 7.05 Å². The number of nitrogen functional groups attached to an aromatic ring is 1. The summed E-state index contributed by atoms with van der Waals surface area (Å²) in [7, 11) is 1.75. The molecule has 0 spiro atoms. The second-order valence-electron chi connectivity index (χ2n) is 4.10. The molecule has 0 atom stereocenters. The Morgan fingerprint density at radius 1 is 1.26 bits per heavy atom. The number of rotatable bonds is 2. The van der Waals surface area contributed by atoms with Crippen LogP contribution in [-0.2, 0) is 13.2 Å². The molecule has 0 aliphatic heterocycles. The molecule has 102 valence electrons. The highest BCUT2D eigenvalue weighted by atomic mass is 32.2. The van der Waals surface area contributed by atoms with Gasteiger partial charge in [0.15, 0.2) is 0 Å². The molecule has 2 aromatic rings. The van der Waals surface area contributed by atoms with Crippen LogP contribution in [0.3, 0.4) is 0 Å². The van der Waals surface area contributed by atoms with Crippen molar-refractivity contribution in [3.8, 4) is 0 Å². The second kappa shape index (κ2) is 4.80. The highest BCUT2D eigenvalue weighted by Crippen LogP contribution is 2.37. The number of halogens is 3. The maximum Gasteiger partial charge on any atom is 0.418 e. The fourth-order valence-corrected chi connectivity index (χ4v) is 2.60. The number of anilines is 1. The SMILES string of the molecule is Cc1cc(Sc2ccc(N)c(C(F)(F)F)c2)n(C)n1. The van der Waals surface area contributed by atoms with E-state index in [-0.39, 0.29) is 5.69 Å². The maximum atomic E-state index is 12.7. The largest absolute Gasteiger partial charge is 0.418 e. The summed E-state index contributed by atoms with van der Waals surface area (Å²) in [6.45, 7) is 1.83. The minimum Gasteiger partial charge on any atom is -0.398 e. The van der Waals surface area contributed by atoms with Crippen LogP contribution in [0.1, 0.15) is 11.3 Å².